The maximum Gasteiger partial charge on any atom is 0.404 e. The Labute approximate surface area is 166 Å². The first-order chi connectivity index (χ1) is 13.3. The molecule has 2 aromatic rings. The average Bonchev–Trinajstić information content (AvgIpc) is 3.09. The van der Waals surface area contributed by atoms with E-state index in [2.05, 4.69) is 36.5 Å². The molecule has 2 fully saturated rings. The zero-order valence-corrected chi connectivity index (χ0v) is 16.2. The molecule has 4 N–H and O–H groups in total. The van der Waals surface area contributed by atoms with Gasteiger partial charge in [-0.2, -0.15) is 0 Å². The highest BCUT2D eigenvalue weighted by molar-refractivity contribution is 9.10. The molecule has 1 saturated heterocycles. The SMILES string of the molecule is O=C(O)N[C@@H]1CCCN(c2c(Br)cnc3[nH]cc(NC(=O)C4CC4(F)F)c23)C1. The van der Waals surface area contributed by atoms with Crippen LogP contribution in [0.4, 0.5) is 25.0 Å². The molecule has 8 nitrogen and oxygen atoms in total. The maximum absolute atomic E-state index is 13.2. The molecule has 1 aliphatic carbocycles. The van der Waals surface area contributed by atoms with Crippen LogP contribution in [0.5, 0.6) is 0 Å². The molecule has 4 rings (SSSR count). The summed E-state index contributed by atoms with van der Waals surface area (Å²) in [6, 6.07) is -0.233. The number of hydrogen-bond donors (Lipinski definition) is 4. The largest absolute Gasteiger partial charge is 0.465 e. The van der Waals surface area contributed by atoms with Crippen molar-refractivity contribution in [2.45, 2.75) is 31.2 Å². The van der Waals surface area contributed by atoms with Gasteiger partial charge < -0.3 is 25.6 Å². The second-order valence-corrected chi connectivity index (χ2v) is 7.98. The number of carbonyl (C=O) groups is 2. The molecule has 3 heterocycles. The van der Waals surface area contributed by atoms with Crippen molar-refractivity contribution in [1.29, 1.82) is 0 Å². The minimum atomic E-state index is -2.94. The van der Waals surface area contributed by atoms with E-state index < -0.39 is 30.3 Å². The molecule has 0 bridgehead atoms. The number of anilines is 2. The molecule has 2 atom stereocenters. The van der Waals surface area contributed by atoms with Gasteiger partial charge in [-0.25, -0.2) is 18.6 Å². The van der Waals surface area contributed by atoms with Crippen LogP contribution in [0.15, 0.2) is 16.9 Å². The highest BCUT2D eigenvalue weighted by Gasteiger charge is 2.61. The van der Waals surface area contributed by atoms with Crippen LogP contribution in [0.2, 0.25) is 0 Å². The van der Waals surface area contributed by atoms with Crippen LogP contribution in [0, 0.1) is 5.92 Å². The number of aromatic amines is 1. The fourth-order valence-corrected chi connectivity index (χ4v) is 4.21. The summed E-state index contributed by atoms with van der Waals surface area (Å²) in [5, 5.41) is 14.7. The van der Waals surface area contributed by atoms with E-state index in [-0.39, 0.29) is 6.04 Å². The van der Waals surface area contributed by atoms with E-state index in [1.165, 1.54) is 6.20 Å². The van der Waals surface area contributed by atoms with Crippen molar-refractivity contribution >= 4 is 50.3 Å². The van der Waals surface area contributed by atoms with Gasteiger partial charge in [0, 0.05) is 37.9 Å². The van der Waals surface area contributed by atoms with Crippen molar-refractivity contribution in [2.75, 3.05) is 23.3 Å². The van der Waals surface area contributed by atoms with Gasteiger partial charge in [0.05, 0.1) is 21.2 Å². The van der Waals surface area contributed by atoms with Crippen molar-refractivity contribution in [2.24, 2.45) is 5.92 Å². The quantitative estimate of drug-likeness (QED) is 0.563. The van der Waals surface area contributed by atoms with Crippen molar-refractivity contribution in [3.05, 3.63) is 16.9 Å². The lowest BCUT2D eigenvalue weighted by molar-refractivity contribution is -0.119. The molecule has 1 saturated carbocycles. The first kappa shape index (κ1) is 18.9. The van der Waals surface area contributed by atoms with E-state index in [0.29, 0.717) is 34.3 Å². The Kier molecular flexibility index (Phi) is 4.64. The smallest absolute Gasteiger partial charge is 0.404 e. The summed E-state index contributed by atoms with van der Waals surface area (Å²) in [6.07, 6.45) is 3.13. The molecule has 0 radical (unpaired) electrons. The summed E-state index contributed by atoms with van der Waals surface area (Å²) < 4.78 is 27.1. The monoisotopic (exact) mass is 457 g/mol. The molecule has 1 aliphatic heterocycles. The van der Waals surface area contributed by atoms with Crippen LogP contribution in [-0.2, 0) is 4.79 Å². The average molecular weight is 458 g/mol. The van der Waals surface area contributed by atoms with E-state index in [9.17, 15) is 18.4 Å². The lowest BCUT2D eigenvalue weighted by Crippen LogP contribution is -2.47. The van der Waals surface area contributed by atoms with Crippen LogP contribution in [0.3, 0.4) is 0 Å². The second kappa shape index (κ2) is 6.87. The van der Waals surface area contributed by atoms with Crippen LogP contribution in [0.1, 0.15) is 19.3 Å². The number of piperidine rings is 1. The van der Waals surface area contributed by atoms with Crippen LogP contribution in [-0.4, -0.2) is 52.1 Å². The van der Waals surface area contributed by atoms with Crippen molar-refractivity contribution < 1.29 is 23.5 Å². The summed E-state index contributed by atoms with van der Waals surface area (Å²) in [5.41, 5.74) is 1.62. The molecule has 2 aliphatic rings. The fourth-order valence-electron chi connectivity index (χ4n) is 3.65. The third kappa shape index (κ3) is 3.50. The number of hydrogen-bond acceptors (Lipinski definition) is 4. The number of halogens is 3. The number of carboxylic acid groups (broad SMARTS) is 1. The number of alkyl halides is 2. The van der Waals surface area contributed by atoms with Crippen molar-refractivity contribution in [1.82, 2.24) is 15.3 Å². The minimum Gasteiger partial charge on any atom is -0.465 e. The molecule has 28 heavy (non-hydrogen) atoms. The number of fused-ring (bicyclic) bond motifs is 1. The lowest BCUT2D eigenvalue weighted by atomic mass is 10.0. The predicted octanol–water partition coefficient (Wildman–Crippen LogP) is 3.16. The predicted molar refractivity (Wildman–Crippen MR) is 102 cm³/mol. The Bertz CT molecular complexity index is 950. The second-order valence-electron chi connectivity index (χ2n) is 7.12. The lowest BCUT2D eigenvalue weighted by Gasteiger charge is -2.35. The summed E-state index contributed by atoms with van der Waals surface area (Å²) in [4.78, 5) is 32.4. The molecule has 0 spiro atoms. The van der Waals surface area contributed by atoms with E-state index >= 15 is 0 Å². The number of pyridine rings is 1. The van der Waals surface area contributed by atoms with Crippen molar-refractivity contribution in [3.8, 4) is 0 Å². The Balaban J connectivity index is 1.66. The first-order valence-corrected chi connectivity index (χ1v) is 9.64. The van der Waals surface area contributed by atoms with Crippen LogP contribution in [0.25, 0.3) is 11.0 Å². The molecular weight excluding hydrogens is 440 g/mol. The number of carbonyl (C=O) groups excluding carboxylic acids is 1. The summed E-state index contributed by atoms with van der Waals surface area (Å²) in [6.45, 7) is 1.14. The standard InChI is InChI=1S/C17H18BrF2N5O3/c18-10-5-21-14-12(11(6-22-14)24-15(26)9-4-17(9,19)20)13(10)25-3-1-2-8(7-25)23-16(27)28/h5-6,8-9,23H,1-4,7H2,(H,21,22)(H,24,26)(H,27,28)/t8-,9?/m1/s1. The molecule has 150 valence electrons. The summed E-state index contributed by atoms with van der Waals surface area (Å²) >= 11 is 3.48. The Morgan fingerprint density at radius 1 is 1.43 bits per heavy atom. The molecule has 11 heteroatoms. The molecular formula is C17H18BrF2N5O3. The number of aromatic nitrogens is 2. The van der Waals surface area contributed by atoms with Gasteiger partial charge >= 0.3 is 6.09 Å². The zero-order valence-electron chi connectivity index (χ0n) is 14.6. The zero-order chi connectivity index (χ0) is 20.1. The molecule has 2 aromatic heterocycles. The van der Waals surface area contributed by atoms with Gasteiger partial charge in [-0.15, -0.1) is 0 Å². The van der Waals surface area contributed by atoms with Crippen molar-refractivity contribution in [3.63, 3.8) is 0 Å². The van der Waals surface area contributed by atoms with Gasteiger partial charge in [0.2, 0.25) is 5.91 Å². The van der Waals surface area contributed by atoms with E-state index in [1.54, 1.807) is 6.20 Å². The van der Waals surface area contributed by atoms with E-state index in [4.69, 9.17) is 5.11 Å². The summed E-state index contributed by atoms with van der Waals surface area (Å²) in [5.74, 6) is -4.97. The minimum absolute atomic E-state index is 0.233. The maximum atomic E-state index is 13.2. The number of rotatable bonds is 4. The molecule has 0 aromatic carbocycles. The van der Waals surface area contributed by atoms with E-state index in [1.807, 2.05) is 4.90 Å². The number of H-pyrrole nitrogens is 1. The number of nitrogens with zero attached hydrogens (tertiary/aromatic N) is 2. The molecule has 1 unspecified atom stereocenters. The highest BCUT2D eigenvalue weighted by atomic mass is 79.9. The molecule has 2 amide bonds. The van der Waals surface area contributed by atoms with E-state index in [0.717, 1.165) is 18.5 Å². The summed E-state index contributed by atoms with van der Waals surface area (Å²) in [7, 11) is 0. The third-order valence-corrected chi connectivity index (χ3v) is 5.68. The topological polar surface area (TPSA) is 110 Å². The van der Waals surface area contributed by atoms with Gasteiger partial charge in [0.1, 0.15) is 11.6 Å². The van der Waals surface area contributed by atoms with Gasteiger partial charge in [-0.3, -0.25) is 4.79 Å². The van der Waals surface area contributed by atoms with Gasteiger partial charge in [0.15, 0.2) is 0 Å². The van der Waals surface area contributed by atoms with Gasteiger partial charge in [-0.05, 0) is 28.8 Å². The van der Waals surface area contributed by atoms with Gasteiger partial charge in [0.25, 0.3) is 5.92 Å². The van der Waals surface area contributed by atoms with Crippen LogP contribution >= 0.6 is 15.9 Å². The Morgan fingerprint density at radius 3 is 2.86 bits per heavy atom. The first-order valence-electron chi connectivity index (χ1n) is 8.85. The third-order valence-electron chi connectivity index (χ3n) is 5.09. The Hall–Kier alpha value is -2.43. The Morgan fingerprint density at radius 2 is 2.18 bits per heavy atom. The van der Waals surface area contributed by atoms with Gasteiger partial charge in [-0.1, -0.05) is 0 Å². The van der Waals surface area contributed by atoms with Crippen LogP contribution < -0.4 is 15.5 Å². The highest BCUT2D eigenvalue weighted by Crippen LogP contribution is 2.49. The number of amides is 2. The number of nitrogens with one attached hydrogen (secondary N) is 3. The fraction of sp³-hybridized carbons (Fsp3) is 0.471. The normalized spacial score (nSPS) is 23.5.